The first-order chi connectivity index (χ1) is 26.2. The summed E-state index contributed by atoms with van der Waals surface area (Å²) >= 11 is 0. The largest absolute Gasteiger partial charge is 0.315 e. The van der Waals surface area contributed by atoms with E-state index in [1.807, 2.05) is 24.5 Å². The number of benzene rings is 6. The van der Waals surface area contributed by atoms with Gasteiger partial charge in [0.05, 0.1) is 11.4 Å². The van der Waals surface area contributed by atoms with Crippen LogP contribution in [0.25, 0.3) is 44.2 Å². The maximum atomic E-state index is 5.11. The van der Waals surface area contributed by atoms with Crippen molar-refractivity contribution in [2.24, 2.45) is 0 Å². The van der Waals surface area contributed by atoms with Crippen molar-refractivity contribution in [3.8, 4) is 33.4 Å². The number of hydrogen-bond donors (Lipinski definition) is 0. The average Bonchev–Trinajstić information content (AvgIpc) is 3.40. The van der Waals surface area contributed by atoms with Crippen LogP contribution >= 0.6 is 0 Å². The van der Waals surface area contributed by atoms with Crippen molar-refractivity contribution in [3.63, 3.8) is 0 Å². The summed E-state index contributed by atoms with van der Waals surface area (Å²) in [5.74, 6) is 0. The van der Waals surface area contributed by atoms with E-state index in [4.69, 9.17) is 9.97 Å². The predicted molar refractivity (Wildman–Crippen MR) is 218 cm³/mol. The highest BCUT2D eigenvalue weighted by Gasteiger charge is 2.48. The maximum absolute atomic E-state index is 5.11. The number of nitrogens with zero attached hydrogens (tertiary/aromatic N) is 3. The lowest BCUT2D eigenvalue weighted by molar-refractivity contribution is 0.706. The Hall–Kier alpha value is -6.58. The summed E-state index contributed by atoms with van der Waals surface area (Å²) in [7, 11) is 0. The second-order valence-corrected chi connectivity index (χ2v) is 14.1. The molecule has 2 aliphatic rings. The Morgan fingerprint density at radius 3 is 1.89 bits per heavy atom. The fraction of sp³-hybridized carbons (Fsp3) is 0.0800. The van der Waals surface area contributed by atoms with Gasteiger partial charge in [-0.1, -0.05) is 115 Å². The minimum Gasteiger partial charge on any atom is -0.315 e. The van der Waals surface area contributed by atoms with Gasteiger partial charge in [-0.2, -0.15) is 0 Å². The molecule has 0 fully saturated rings. The molecule has 0 amide bonds. The van der Waals surface area contributed by atoms with Crippen LogP contribution in [0.1, 0.15) is 41.4 Å². The Bertz CT molecular complexity index is 2630. The normalized spacial score (nSPS) is 14.2. The Balaban J connectivity index is 1.16. The number of anilines is 2. The SMILES string of the molecule is CC1=CCCc2ccccc2N1c1ccc(-c2ccc3c(c2)C(c2ccccn2)(c2ccccn2)c2cc(-c4cccc5ccccc45)ccc2-3)cc1. The Morgan fingerprint density at radius 1 is 0.528 bits per heavy atom. The third kappa shape index (κ3) is 4.96. The van der Waals surface area contributed by atoms with Gasteiger partial charge < -0.3 is 4.90 Å². The van der Waals surface area contributed by atoms with Crippen LogP contribution in [-0.4, -0.2) is 9.97 Å². The third-order valence-electron chi connectivity index (χ3n) is 11.2. The quantitative estimate of drug-likeness (QED) is 0.181. The van der Waals surface area contributed by atoms with Crippen LogP contribution in [0.4, 0.5) is 11.4 Å². The zero-order valence-electron chi connectivity index (χ0n) is 29.6. The molecule has 0 saturated heterocycles. The highest BCUT2D eigenvalue weighted by atomic mass is 15.1. The molecule has 0 unspecified atom stereocenters. The van der Waals surface area contributed by atoms with Gasteiger partial charge in [-0.25, -0.2) is 0 Å². The first-order valence-electron chi connectivity index (χ1n) is 18.5. The van der Waals surface area contributed by atoms with Crippen molar-refractivity contribution >= 4 is 22.1 Å². The molecule has 252 valence electrons. The van der Waals surface area contributed by atoms with Gasteiger partial charge in [-0.05, 0) is 135 Å². The fourth-order valence-corrected chi connectivity index (χ4v) is 8.80. The fourth-order valence-electron chi connectivity index (χ4n) is 8.80. The molecular formula is C50H37N3. The van der Waals surface area contributed by atoms with Crippen LogP contribution in [0, 0.1) is 0 Å². The molecule has 3 heteroatoms. The second-order valence-electron chi connectivity index (χ2n) is 14.1. The summed E-state index contributed by atoms with van der Waals surface area (Å²) in [4.78, 5) is 12.6. The van der Waals surface area contributed by atoms with Crippen LogP contribution in [0.3, 0.4) is 0 Å². The molecule has 0 atom stereocenters. The van der Waals surface area contributed by atoms with E-state index >= 15 is 0 Å². The van der Waals surface area contributed by atoms with Crippen LogP contribution < -0.4 is 4.90 Å². The molecule has 2 aromatic heterocycles. The van der Waals surface area contributed by atoms with Gasteiger partial charge in [0.15, 0.2) is 0 Å². The van der Waals surface area contributed by atoms with Crippen molar-refractivity contribution < 1.29 is 0 Å². The minimum absolute atomic E-state index is 0.721. The number of rotatable bonds is 5. The molecule has 0 bridgehead atoms. The standard InChI is InChI=1S/C50H37N3/c1-34-12-10-16-37-14-3-5-19-47(37)53(34)40-26-22-35(23-27-40)38-24-28-43-44-29-25-39(42-18-11-15-36-13-2-4-17-41(36)42)33-46(44)50(45(43)32-38,48-20-6-8-30-51-48)49-21-7-9-31-52-49/h2-9,11-15,17-33H,10,16H2,1H3. The summed E-state index contributed by atoms with van der Waals surface area (Å²) in [5, 5.41) is 2.48. The number of pyridine rings is 2. The Kier molecular flexibility index (Phi) is 7.40. The first kappa shape index (κ1) is 31.2. The number of fused-ring (bicyclic) bond motifs is 5. The molecule has 0 saturated carbocycles. The van der Waals surface area contributed by atoms with Crippen molar-refractivity contribution in [3.05, 3.63) is 216 Å². The van der Waals surface area contributed by atoms with Crippen molar-refractivity contribution in [1.82, 2.24) is 9.97 Å². The number of allylic oxidation sites excluding steroid dienone is 2. The predicted octanol–water partition coefficient (Wildman–Crippen LogP) is 12.3. The number of aromatic nitrogens is 2. The van der Waals surface area contributed by atoms with Gasteiger partial charge in [-0.15, -0.1) is 0 Å². The molecule has 10 rings (SSSR count). The molecule has 0 spiro atoms. The Morgan fingerprint density at radius 2 is 1.15 bits per heavy atom. The molecule has 0 N–H and O–H groups in total. The van der Waals surface area contributed by atoms with E-state index < -0.39 is 5.41 Å². The molecule has 0 radical (unpaired) electrons. The van der Waals surface area contributed by atoms with E-state index in [0.29, 0.717) is 0 Å². The molecule has 1 aliphatic heterocycles. The minimum atomic E-state index is -0.721. The second kappa shape index (κ2) is 12.6. The lowest BCUT2D eigenvalue weighted by Crippen LogP contribution is -2.31. The van der Waals surface area contributed by atoms with Gasteiger partial charge in [0.1, 0.15) is 5.41 Å². The van der Waals surface area contributed by atoms with Crippen molar-refractivity contribution in [2.45, 2.75) is 25.2 Å². The summed E-state index contributed by atoms with van der Waals surface area (Å²) in [6, 6.07) is 59.5. The van der Waals surface area contributed by atoms with Crippen LogP contribution in [0.15, 0.2) is 188 Å². The molecule has 1 aliphatic carbocycles. The summed E-state index contributed by atoms with van der Waals surface area (Å²) in [5.41, 5.74) is 15.8. The smallest absolute Gasteiger partial charge is 0.106 e. The van der Waals surface area contributed by atoms with Crippen LogP contribution in [0.5, 0.6) is 0 Å². The zero-order chi connectivity index (χ0) is 35.4. The molecular weight excluding hydrogens is 643 g/mol. The topological polar surface area (TPSA) is 29.0 Å². The van der Waals surface area contributed by atoms with Gasteiger partial charge in [0, 0.05) is 29.5 Å². The first-order valence-corrected chi connectivity index (χ1v) is 18.5. The molecule has 53 heavy (non-hydrogen) atoms. The molecule has 3 nitrogen and oxygen atoms in total. The molecule has 8 aromatic rings. The van der Waals surface area contributed by atoms with E-state index in [1.165, 1.54) is 72.4 Å². The molecule has 6 aromatic carbocycles. The highest BCUT2D eigenvalue weighted by molar-refractivity contribution is 5.98. The monoisotopic (exact) mass is 679 g/mol. The van der Waals surface area contributed by atoms with E-state index in [1.54, 1.807) is 0 Å². The number of para-hydroxylation sites is 1. The van der Waals surface area contributed by atoms with Gasteiger partial charge in [0.2, 0.25) is 0 Å². The summed E-state index contributed by atoms with van der Waals surface area (Å²) < 4.78 is 0. The van der Waals surface area contributed by atoms with Crippen LogP contribution in [0.2, 0.25) is 0 Å². The third-order valence-corrected chi connectivity index (χ3v) is 11.2. The maximum Gasteiger partial charge on any atom is 0.106 e. The lowest BCUT2D eigenvalue weighted by atomic mass is 9.71. The van der Waals surface area contributed by atoms with E-state index in [2.05, 4.69) is 170 Å². The lowest BCUT2D eigenvalue weighted by Gasteiger charge is -2.32. The summed E-state index contributed by atoms with van der Waals surface area (Å²) in [6.45, 7) is 2.22. The highest BCUT2D eigenvalue weighted by Crippen LogP contribution is 2.56. The Labute approximate surface area is 310 Å². The number of hydrogen-bond acceptors (Lipinski definition) is 3. The molecule has 3 heterocycles. The average molecular weight is 680 g/mol. The van der Waals surface area contributed by atoms with Gasteiger partial charge >= 0.3 is 0 Å². The van der Waals surface area contributed by atoms with Crippen molar-refractivity contribution in [1.29, 1.82) is 0 Å². The summed E-state index contributed by atoms with van der Waals surface area (Å²) in [6.07, 6.45) is 8.27. The van der Waals surface area contributed by atoms with Crippen molar-refractivity contribution in [2.75, 3.05) is 4.90 Å². The van der Waals surface area contributed by atoms with E-state index in [-0.39, 0.29) is 0 Å². The van der Waals surface area contributed by atoms with E-state index in [0.717, 1.165) is 29.8 Å². The number of aryl methyl sites for hydroxylation is 1. The zero-order valence-corrected chi connectivity index (χ0v) is 29.6. The van der Waals surface area contributed by atoms with Gasteiger partial charge in [0.25, 0.3) is 0 Å². The van der Waals surface area contributed by atoms with Gasteiger partial charge in [-0.3, -0.25) is 9.97 Å². The van der Waals surface area contributed by atoms with Crippen LogP contribution in [-0.2, 0) is 11.8 Å². The van der Waals surface area contributed by atoms with E-state index in [9.17, 15) is 0 Å².